The highest BCUT2D eigenvalue weighted by Gasteiger charge is 2.22. The number of anilines is 1. The largest absolute Gasteiger partial charge is 0.368 e. The highest BCUT2D eigenvalue weighted by atomic mass is 35.5. The molecule has 9 heteroatoms. The Kier molecular flexibility index (Phi) is 7.18. The van der Waals surface area contributed by atoms with Crippen LogP contribution >= 0.6 is 11.6 Å². The van der Waals surface area contributed by atoms with Gasteiger partial charge in [-0.1, -0.05) is 60.1 Å². The molecule has 2 aromatic carbocycles. The Bertz CT molecular complexity index is 1460. The topological polar surface area (TPSA) is 103 Å². The number of carbonyl (C=O) groups is 2. The molecule has 0 radical (unpaired) electrons. The second-order valence-electron chi connectivity index (χ2n) is 8.85. The van der Waals surface area contributed by atoms with Gasteiger partial charge in [-0.2, -0.15) is 0 Å². The fraction of sp³-hybridized carbons (Fsp3) is 0.214. The zero-order chi connectivity index (χ0) is 25.8. The maximum Gasteiger partial charge on any atom is 0.270 e. The minimum Gasteiger partial charge on any atom is -0.368 e. The molecule has 0 fully saturated rings. The van der Waals surface area contributed by atoms with Gasteiger partial charge in [-0.3, -0.25) is 9.59 Å². The number of H-pyrrole nitrogens is 1. The molecular weight excluding hydrogens is 488 g/mol. The number of rotatable bonds is 7. The van der Waals surface area contributed by atoms with E-state index in [2.05, 4.69) is 21.7 Å². The van der Waals surface area contributed by atoms with E-state index in [9.17, 15) is 9.59 Å². The summed E-state index contributed by atoms with van der Waals surface area (Å²) < 4.78 is 0. The molecule has 0 atom stereocenters. The number of hydrogen-bond acceptors (Lipinski definition) is 5. The number of aromatic nitrogens is 3. The number of benzene rings is 2. The van der Waals surface area contributed by atoms with Gasteiger partial charge in [0.2, 0.25) is 5.91 Å². The minimum atomic E-state index is -0.0936. The van der Waals surface area contributed by atoms with E-state index in [0.717, 1.165) is 22.9 Å². The molecule has 37 heavy (non-hydrogen) atoms. The van der Waals surface area contributed by atoms with Gasteiger partial charge in [0.15, 0.2) is 5.82 Å². The average molecular weight is 515 g/mol. The van der Waals surface area contributed by atoms with E-state index in [1.807, 2.05) is 59.5 Å². The standard InChI is InChI=1S/C28H27ClN6O2/c1-18(36)30-13-14-31-26-23-17-24(32-27(23)34-25(33-26)21-5-3-2-4-6-21)28(37)35-15-11-20(12-16-35)19-7-9-22(29)10-8-19/h2-11,17H,12-16H2,1H3,(H,30,36)(H2,31,32,33,34). The predicted molar refractivity (Wildman–Crippen MR) is 146 cm³/mol. The van der Waals surface area contributed by atoms with Crippen molar-refractivity contribution in [2.45, 2.75) is 13.3 Å². The number of carbonyl (C=O) groups excluding carboxylic acids is 2. The molecule has 0 aliphatic carbocycles. The summed E-state index contributed by atoms with van der Waals surface area (Å²) in [7, 11) is 0. The Labute approximate surface area is 219 Å². The molecule has 0 saturated carbocycles. The summed E-state index contributed by atoms with van der Waals surface area (Å²) in [5.41, 5.74) is 4.24. The highest BCUT2D eigenvalue weighted by Crippen LogP contribution is 2.28. The van der Waals surface area contributed by atoms with E-state index < -0.39 is 0 Å². The summed E-state index contributed by atoms with van der Waals surface area (Å²) in [5, 5.41) is 7.48. The summed E-state index contributed by atoms with van der Waals surface area (Å²) in [5.74, 6) is 0.969. The fourth-order valence-electron chi connectivity index (χ4n) is 4.35. The van der Waals surface area contributed by atoms with Crippen molar-refractivity contribution in [1.82, 2.24) is 25.2 Å². The Morgan fingerprint density at radius 2 is 1.81 bits per heavy atom. The van der Waals surface area contributed by atoms with Crippen LogP contribution in [-0.2, 0) is 4.79 Å². The number of halogens is 1. The van der Waals surface area contributed by atoms with E-state index in [-0.39, 0.29) is 11.8 Å². The molecular formula is C28H27ClN6O2. The molecule has 8 nitrogen and oxygen atoms in total. The van der Waals surface area contributed by atoms with Crippen LogP contribution in [-0.4, -0.2) is 57.8 Å². The van der Waals surface area contributed by atoms with Crippen molar-refractivity contribution in [2.24, 2.45) is 0 Å². The lowest BCUT2D eigenvalue weighted by Gasteiger charge is -2.26. The van der Waals surface area contributed by atoms with Crippen LogP contribution < -0.4 is 10.6 Å². The van der Waals surface area contributed by atoms with Crippen LogP contribution in [0.2, 0.25) is 5.02 Å². The Morgan fingerprint density at radius 1 is 1.03 bits per heavy atom. The van der Waals surface area contributed by atoms with Gasteiger partial charge < -0.3 is 20.5 Å². The van der Waals surface area contributed by atoms with Gasteiger partial charge >= 0.3 is 0 Å². The van der Waals surface area contributed by atoms with Crippen molar-refractivity contribution in [3.8, 4) is 11.4 Å². The minimum absolute atomic E-state index is 0.0881. The van der Waals surface area contributed by atoms with E-state index in [1.165, 1.54) is 12.5 Å². The van der Waals surface area contributed by atoms with Gasteiger partial charge in [0.1, 0.15) is 17.2 Å². The molecule has 1 aliphatic rings. The van der Waals surface area contributed by atoms with E-state index >= 15 is 0 Å². The van der Waals surface area contributed by atoms with Gasteiger partial charge in [0.25, 0.3) is 5.91 Å². The van der Waals surface area contributed by atoms with Crippen molar-refractivity contribution in [1.29, 1.82) is 0 Å². The molecule has 0 unspecified atom stereocenters. The van der Waals surface area contributed by atoms with Crippen molar-refractivity contribution in [3.63, 3.8) is 0 Å². The summed E-state index contributed by atoms with van der Waals surface area (Å²) >= 11 is 6.01. The summed E-state index contributed by atoms with van der Waals surface area (Å²) in [4.78, 5) is 39.1. The summed E-state index contributed by atoms with van der Waals surface area (Å²) in [6.45, 7) is 3.56. The Morgan fingerprint density at radius 3 is 2.51 bits per heavy atom. The highest BCUT2D eigenvalue weighted by molar-refractivity contribution is 6.30. The van der Waals surface area contributed by atoms with Gasteiger partial charge in [-0.05, 0) is 35.8 Å². The first-order valence-corrected chi connectivity index (χ1v) is 12.5. The van der Waals surface area contributed by atoms with Crippen LogP contribution in [0.15, 0.2) is 66.7 Å². The molecule has 0 bridgehead atoms. The van der Waals surface area contributed by atoms with Crippen LogP contribution in [0.3, 0.4) is 0 Å². The second-order valence-corrected chi connectivity index (χ2v) is 9.29. The molecule has 0 spiro atoms. The number of hydrogen-bond donors (Lipinski definition) is 3. The van der Waals surface area contributed by atoms with Gasteiger partial charge in [-0.25, -0.2) is 9.97 Å². The van der Waals surface area contributed by atoms with Gasteiger partial charge in [0, 0.05) is 43.7 Å². The molecule has 2 aromatic heterocycles. The van der Waals surface area contributed by atoms with Crippen LogP contribution in [0, 0.1) is 0 Å². The smallest absolute Gasteiger partial charge is 0.270 e. The third-order valence-corrected chi connectivity index (χ3v) is 6.50. The molecule has 1 aliphatic heterocycles. The normalized spacial score (nSPS) is 13.4. The summed E-state index contributed by atoms with van der Waals surface area (Å²) in [6.07, 6.45) is 2.86. The Hall–Kier alpha value is -4.17. The SMILES string of the molecule is CC(=O)NCCNc1nc(-c2ccccc2)nc2[nH]c(C(=O)N3CC=C(c4ccc(Cl)cc4)CC3)cc12. The second kappa shape index (κ2) is 10.8. The van der Waals surface area contributed by atoms with Crippen molar-refractivity contribution in [3.05, 3.63) is 83.0 Å². The first-order valence-electron chi connectivity index (χ1n) is 12.2. The van der Waals surface area contributed by atoms with Crippen LogP contribution in [0.5, 0.6) is 0 Å². The molecule has 188 valence electrons. The van der Waals surface area contributed by atoms with Crippen LogP contribution in [0.4, 0.5) is 5.82 Å². The molecule has 5 rings (SSSR count). The molecule has 3 N–H and O–H groups in total. The lowest BCUT2D eigenvalue weighted by atomic mass is 9.99. The van der Waals surface area contributed by atoms with Gasteiger partial charge in [0.05, 0.1) is 5.39 Å². The van der Waals surface area contributed by atoms with Gasteiger partial charge in [-0.15, -0.1) is 0 Å². The third-order valence-electron chi connectivity index (χ3n) is 6.25. The number of nitrogens with zero attached hydrogens (tertiary/aromatic N) is 3. The Balaban J connectivity index is 1.40. The number of fused-ring (bicyclic) bond motifs is 1. The van der Waals surface area contributed by atoms with E-state index in [1.54, 1.807) is 6.07 Å². The first kappa shape index (κ1) is 24.5. The predicted octanol–water partition coefficient (Wildman–Crippen LogP) is 4.76. The maximum atomic E-state index is 13.4. The molecule has 0 saturated heterocycles. The molecule has 4 aromatic rings. The molecule has 3 heterocycles. The monoisotopic (exact) mass is 514 g/mol. The van der Waals surface area contributed by atoms with Crippen molar-refractivity contribution in [2.75, 3.05) is 31.5 Å². The zero-order valence-electron chi connectivity index (χ0n) is 20.4. The van der Waals surface area contributed by atoms with Crippen LogP contribution in [0.1, 0.15) is 29.4 Å². The van der Waals surface area contributed by atoms with Crippen LogP contribution in [0.25, 0.3) is 28.0 Å². The number of aromatic amines is 1. The fourth-order valence-corrected chi connectivity index (χ4v) is 4.47. The molecule has 2 amide bonds. The first-order chi connectivity index (χ1) is 18.0. The number of amides is 2. The lowest BCUT2D eigenvalue weighted by molar-refractivity contribution is -0.118. The number of nitrogens with one attached hydrogen (secondary N) is 3. The van der Waals surface area contributed by atoms with Crippen molar-refractivity contribution < 1.29 is 9.59 Å². The van der Waals surface area contributed by atoms with E-state index in [0.29, 0.717) is 54.2 Å². The maximum absolute atomic E-state index is 13.4. The summed E-state index contributed by atoms with van der Waals surface area (Å²) in [6, 6.07) is 19.2. The average Bonchev–Trinajstić information content (AvgIpc) is 3.36. The third kappa shape index (κ3) is 5.65. The van der Waals surface area contributed by atoms with Crippen molar-refractivity contribution >= 4 is 45.8 Å². The zero-order valence-corrected chi connectivity index (χ0v) is 21.2. The quantitative estimate of drug-likeness (QED) is 0.309. The van der Waals surface area contributed by atoms with E-state index in [4.69, 9.17) is 21.6 Å². The lowest BCUT2D eigenvalue weighted by Crippen LogP contribution is -2.34.